The molecule has 9 heteroatoms. The van der Waals surface area contributed by atoms with Crippen LogP contribution in [0.5, 0.6) is 0 Å². The molecule has 1 aliphatic carbocycles. The highest BCUT2D eigenvalue weighted by Gasteiger charge is 2.22. The molecule has 3 aromatic rings. The van der Waals surface area contributed by atoms with Crippen molar-refractivity contribution in [1.29, 1.82) is 0 Å². The minimum Gasteiger partial charge on any atom is -0.456 e. The first-order chi connectivity index (χ1) is 16.5. The zero-order valence-electron chi connectivity index (χ0n) is 18.6. The van der Waals surface area contributed by atoms with Gasteiger partial charge < -0.3 is 15.4 Å². The van der Waals surface area contributed by atoms with E-state index in [0.717, 1.165) is 30.5 Å². The second-order valence-corrected chi connectivity index (χ2v) is 8.87. The lowest BCUT2D eigenvalue weighted by Crippen LogP contribution is -2.31. The van der Waals surface area contributed by atoms with Gasteiger partial charge in [-0.2, -0.15) is 0 Å². The molecule has 1 aliphatic rings. The van der Waals surface area contributed by atoms with Crippen molar-refractivity contribution < 1.29 is 19.1 Å². The largest absolute Gasteiger partial charge is 0.456 e. The summed E-state index contributed by atoms with van der Waals surface area (Å²) in [4.78, 5) is 45.0. The van der Waals surface area contributed by atoms with Gasteiger partial charge in [0, 0.05) is 31.2 Å². The number of carbonyl (C=O) groups is 3. The third-order valence-corrected chi connectivity index (χ3v) is 6.48. The van der Waals surface area contributed by atoms with E-state index in [9.17, 15) is 14.4 Å². The fourth-order valence-electron chi connectivity index (χ4n) is 3.69. The lowest BCUT2D eigenvalue weighted by Gasteiger charge is -2.19. The van der Waals surface area contributed by atoms with Crippen LogP contribution in [0.2, 0.25) is 0 Å². The van der Waals surface area contributed by atoms with Gasteiger partial charge in [0.05, 0.1) is 5.56 Å². The Bertz CT molecular complexity index is 1200. The van der Waals surface area contributed by atoms with Crippen LogP contribution in [0.3, 0.4) is 0 Å². The minimum atomic E-state index is -0.576. The highest BCUT2D eigenvalue weighted by Crippen LogP contribution is 2.34. The number of fused-ring (bicyclic) bond motifs is 1. The Hall–Kier alpha value is -3.72. The average Bonchev–Trinajstić information content (AvgIpc) is 3.31. The van der Waals surface area contributed by atoms with Crippen molar-refractivity contribution >= 4 is 35.2 Å². The smallest absolute Gasteiger partial charge is 0.303 e. The number of aryl methyl sites for hydroxylation is 2. The van der Waals surface area contributed by atoms with Crippen LogP contribution in [0.4, 0.5) is 5.69 Å². The molecular weight excluding hydrogens is 452 g/mol. The van der Waals surface area contributed by atoms with E-state index in [0.29, 0.717) is 10.6 Å². The summed E-state index contributed by atoms with van der Waals surface area (Å²) in [6.07, 6.45) is 8.05. The van der Waals surface area contributed by atoms with Crippen LogP contribution < -0.4 is 10.6 Å². The van der Waals surface area contributed by atoms with Gasteiger partial charge in [-0.15, -0.1) is 0 Å². The molecule has 0 saturated heterocycles. The summed E-state index contributed by atoms with van der Waals surface area (Å²) in [6, 6.07) is 12.9. The van der Waals surface area contributed by atoms with E-state index in [2.05, 4.69) is 26.7 Å². The van der Waals surface area contributed by atoms with Gasteiger partial charge in [0.1, 0.15) is 10.4 Å². The number of ether oxygens (including phenoxy) is 1. The van der Waals surface area contributed by atoms with E-state index in [1.54, 1.807) is 42.9 Å². The monoisotopic (exact) mass is 476 g/mol. The van der Waals surface area contributed by atoms with Gasteiger partial charge in [-0.3, -0.25) is 19.4 Å². The van der Waals surface area contributed by atoms with Crippen molar-refractivity contribution in [3.63, 3.8) is 0 Å². The van der Waals surface area contributed by atoms with E-state index in [4.69, 9.17) is 4.74 Å². The summed E-state index contributed by atoms with van der Waals surface area (Å²) in [5, 5.41) is 5.67. The molecule has 1 aromatic carbocycles. The fourth-order valence-corrected chi connectivity index (χ4v) is 4.81. The summed E-state index contributed by atoms with van der Waals surface area (Å²) in [6.45, 7) is 0.841. The Morgan fingerprint density at radius 1 is 1.06 bits per heavy atom. The molecule has 0 saturated carbocycles. The SMILES string of the molecule is CC(=O)OCC(=O)NC(Sc1ncccc1C(=O)Nc1ccc2c(c1)CCC2)c1ccncc1. The van der Waals surface area contributed by atoms with E-state index in [-0.39, 0.29) is 5.91 Å². The Balaban J connectivity index is 1.53. The molecule has 4 rings (SSSR count). The molecule has 34 heavy (non-hydrogen) atoms. The van der Waals surface area contributed by atoms with Crippen LogP contribution in [-0.2, 0) is 27.2 Å². The lowest BCUT2D eigenvalue weighted by molar-refractivity contribution is -0.146. The Morgan fingerprint density at radius 3 is 2.65 bits per heavy atom. The van der Waals surface area contributed by atoms with Crippen molar-refractivity contribution in [1.82, 2.24) is 15.3 Å². The summed E-state index contributed by atoms with van der Waals surface area (Å²) < 4.78 is 4.80. The van der Waals surface area contributed by atoms with Crippen LogP contribution in [0.25, 0.3) is 0 Å². The predicted molar refractivity (Wildman–Crippen MR) is 128 cm³/mol. The normalized spacial score (nSPS) is 13.0. The fraction of sp³-hybridized carbons (Fsp3) is 0.240. The number of hydrogen-bond acceptors (Lipinski definition) is 7. The molecule has 2 aromatic heterocycles. The molecule has 0 spiro atoms. The lowest BCUT2D eigenvalue weighted by atomic mass is 10.1. The Morgan fingerprint density at radius 2 is 1.85 bits per heavy atom. The maximum atomic E-state index is 13.1. The number of rotatable bonds is 8. The quantitative estimate of drug-likeness (QED) is 0.290. The zero-order valence-corrected chi connectivity index (χ0v) is 19.4. The number of pyridine rings is 2. The second-order valence-electron chi connectivity index (χ2n) is 7.77. The minimum absolute atomic E-state index is 0.284. The van der Waals surface area contributed by atoms with Gasteiger partial charge in [-0.05, 0) is 72.4 Å². The zero-order chi connectivity index (χ0) is 23.9. The van der Waals surface area contributed by atoms with Gasteiger partial charge in [0.15, 0.2) is 6.61 Å². The second kappa shape index (κ2) is 10.9. The predicted octanol–water partition coefficient (Wildman–Crippen LogP) is 3.69. The van der Waals surface area contributed by atoms with Crippen molar-refractivity contribution in [3.8, 4) is 0 Å². The highest BCUT2D eigenvalue weighted by atomic mass is 32.2. The maximum Gasteiger partial charge on any atom is 0.303 e. The molecule has 0 bridgehead atoms. The third-order valence-electron chi connectivity index (χ3n) is 5.31. The first kappa shape index (κ1) is 23.4. The van der Waals surface area contributed by atoms with Crippen LogP contribution in [-0.4, -0.2) is 34.4 Å². The van der Waals surface area contributed by atoms with Gasteiger partial charge in [0.2, 0.25) is 0 Å². The first-order valence-corrected chi connectivity index (χ1v) is 11.7. The topological polar surface area (TPSA) is 110 Å². The standard InChI is InChI=1S/C25H24N4O4S/c1-16(30)33-15-22(31)29-24(18-9-12-26-13-10-18)34-25-21(6-3-11-27-25)23(32)28-20-8-7-17-4-2-5-19(17)14-20/h3,6-14,24H,2,4-5,15H2,1H3,(H,28,32)(H,29,31). The van der Waals surface area contributed by atoms with Crippen molar-refractivity contribution in [2.45, 2.75) is 36.6 Å². The number of nitrogens with zero attached hydrogens (tertiary/aromatic N) is 2. The van der Waals surface area contributed by atoms with Gasteiger partial charge in [-0.25, -0.2) is 4.98 Å². The molecule has 0 fully saturated rings. The molecule has 0 aliphatic heterocycles. The number of benzene rings is 1. The summed E-state index contributed by atoms with van der Waals surface area (Å²) in [7, 11) is 0. The maximum absolute atomic E-state index is 13.1. The molecule has 1 atom stereocenters. The van der Waals surface area contributed by atoms with Crippen LogP contribution in [0, 0.1) is 0 Å². The van der Waals surface area contributed by atoms with E-state index >= 15 is 0 Å². The van der Waals surface area contributed by atoms with Crippen molar-refractivity contribution in [2.24, 2.45) is 0 Å². The molecule has 2 heterocycles. The highest BCUT2D eigenvalue weighted by molar-refractivity contribution is 7.99. The number of nitrogens with one attached hydrogen (secondary N) is 2. The summed E-state index contributed by atoms with van der Waals surface area (Å²) >= 11 is 1.22. The van der Waals surface area contributed by atoms with E-state index < -0.39 is 23.9 Å². The Labute approximate surface area is 201 Å². The number of amides is 2. The first-order valence-electron chi connectivity index (χ1n) is 10.9. The van der Waals surface area contributed by atoms with Gasteiger partial charge in [0.25, 0.3) is 11.8 Å². The molecule has 1 unspecified atom stereocenters. The molecule has 174 valence electrons. The molecule has 2 amide bonds. The molecular formula is C25H24N4O4S. The number of thioether (sulfide) groups is 1. The third kappa shape index (κ3) is 5.99. The summed E-state index contributed by atoms with van der Waals surface area (Å²) in [5.41, 5.74) is 4.49. The molecule has 0 radical (unpaired) electrons. The molecule has 2 N–H and O–H groups in total. The van der Waals surface area contributed by atoms with Crippen LogP contribution >= 0.6 is 11.8 Å². The van der Waals surface area contributed by atoms with Gasteiger partial charge >= 0.3 is 5.97 Å². The van der Waals surface area contributed by atoms with Crippen molar-refractivity contribution in [3.05, 3.63) is 83.3 Å². The number of hydrogen-bond donors (Lipinski definition) is 2. The van der Waals surface area contributed by atoms with E-state index in [1.165, 1.54) is 29.8 Å². The number of esters is 1. The van der Waals surface area contributed by atoms with Crippen LogP contribution in [0.15, 0.2) is 66.1 Å². The number of carbonyl (C=O) groups excluding carboxylic acids is 3. The average molecular weight is 477 g/mol. The summed E-state index contributed by atoms with van der Waals surface area (Å²) in [5.74, 6) is -1.30. The van der Waals surface area contributed by atoms with E-state index in [1.807, 2.05) is 12.1 Å². The van der Waals surface area contributed by atoms with Gasteiger partial charge in [-0.1, -0.05) is 17.8 Å². The molecule has 8 nitrogen and oxygen atoms in total. The van der Waals surface area contributed by atoms with Crippen molar-refractivity contribution in [2.75, 3.05) is 11.9 Å². The number of anilines is 1. The number of aromatic nitrogens is 2. The van der Waals surface area contributed by atoms with Crippen LogP contribution in [0.1, 0.15) is 45.8 Å². The Kier molecular flexibility index (Phi) is 7.54.